The summed E-state index contributed by atoms with van der Waals surface area (Å²) in [4.78, 5) is 15.9. The molecule has 0 unspecified atom stereocenters. The third kappa shape index (κ3) is 3.28. The molecule has 1 rings (SSSR count). The summed E-state index contributed by atoms with van der Waals surface area (Å²) >= 11 is 0. The van der Waals surface area contributed by atoms with Crippen molar-refractivity contribution in [3.63, 3.8) is 0 Å². The Balaban J connectivity index is 2.74. The van der Waals surface area contributed by atoms with Crippen molar-refractivity contribution in [2.75, 3.05) is 19.8 Å². The van der Waals surface area contributed by atoms with Gasteiger partial charge in [0.25, 0.3) is 5.91 Å². The van der Waals surface area contributed by atoms with Gasteiger partial charge in [-0.3, -0.25) is 4.79 Å². The molecule has 1 aromatic rings. The van der Waals surface area contributed by atoms with Gasteiger partial charge in [-0.05, 0) is 6.42 Å². The number of nitrogens with two attached hydrogens (primary N) is 1. The minimum absolute atomic E-state index is 0.239. The van der Waals surface area contributed by atoms with Gasteiger partial charge in [0.15, 0.2) is 0 Å². The fraction of sp³-hybridized carbons (Fsp3) is 0.636. The normalized spacial score (nSPS) is 11.6. The van der Waals surface area contributed by atoms with Crippen LogP contribution in [0.5, 0.6) is 0 Å². The van der Waals surface area contributed by atoms with Crippen molar-refractivity contribution in [3.8, 4) is 0 Å². The Bertz CT molecular complexity index is 379. The van der Waals surface area contributed by atoms with Gasteiger partial charge in [-0.2, -0.15) is 0 Å². The highest BCUT2D eigenvalue weighted by atomic mass is 16.3. The largest absolute Gasteiger partial charge is 0.394 e. The third-order valence-electron chi connectivity index (χ3n) is 2.91. The standard InChI is InChI=1S/C11H20N4O3/c1-2-11(6-16,7-17)14-10(18)9-5-15(4-3-12)8-13-9/h5,8,16-17H,2-4,6-7,12H2,1H3,(H,14,18). The van der Waals surface area contributed by atoms with E-state index in [2.05, 4.69) is 10.3 Å². The van der Waals surface area contributed by atoms with Crippen molar-refractivity contribution in [2.45, 2.75) is 25.4 Å². The lowest BCUT2D eigenvalue weighted by Gasteiger charge is -2.29. The van der Waals surface area contributed by atoms with Crippen LogP contribution in [0.15, 0.2) is 12.5 Å². The number of carbonyl (C=O) groups excluding carboxylic acids is 1. The molecule has 0 aliphatic carbocycles. The zero-order valence-corrected chi connectivity index (χ0v) is 10.5. The molecule has 0 spiro atoms. The fourth-order valence-electron chi connectivity index (χ4n) is 1.49. The molecular formula is C11H20N4O3. The van der Waals surface area contributed by atoms with E-state index in [0.29, 0.717) is 19.5 Å². The SMILES string of the molecule is CCC(CO)(CO)NC(=O)c1cn(CCN)cn1. The summed E-state index contributed by atoms with van der Waals surface area (Å²) in [5, 5.41) is 21.1. The average Bonchev–Trinajstić information content (AvgIpc) is 2.85. The molecule has 0 atom stereocenters. The number of aromatic nitrogens is 2. The van der Waals surface area contributed by atoms with Crippen LogP contribution in [0.4, 0.5) is 0 Å². The molecule has 1 heterocycles. The van der Waals surface area contributed by atoms with Crippen LogP contribution in [0, 0.1) is 0 Å². The van der Waals surface area contributed by atoms with Crippen LogP contribution in [-0.4, -0.2) is 51.0 Å². The second-order valence-electron chi connectivity index (χ2n) is 4.19. The van der Waals surface area contributed by atoms with E-state index < -0.39 is 11.4 Å². The number of nitrogens with one attached hydrogen (secondary N) is 1. The maximum absolute atomic E-state index is 11.9. The van der Waals surface area contributed by atoms with Gasteiger partial charge in [0.05, 0.1) is 25.1 Å². The van der Waals surface area contributed by atoms with Crippen molar-refractivity contribution in [1.82, 2.24) is 14.9 Å². The highest BCUT2D eigenvalue weighted by Gasteiger charge is 2.29. The number of hydrogen-bond donors (Lipinski definition) is 4. The van der Waals surface area contributed by atoms with Crippen LogP contribution < -0.4 is 11.1 Å². The van der Waals surface area contributed by atoms with E-state index in [1.807, 2.05) is 0 Å². The highest BCUT2D eigenvalue weighted by molar-refractivity contribution is 5.92. The van der Waals surface area contributed by atoms with Crippen molar-refractivity contribution in [3.05, 3.63) is 18.2 Å². The molecule has 0 aromatic carbocycles. The van der Waals surface area contributed by atoms with Crippen molar-refractivity contribution in [2.24, 2.45) is 5.73 Å². The molecule has 1 amide bonds. The molecule has 1 aromatic heterocycles. The van der Waals surface area contributed by atoms with E-state index in [-0.39, 0.29) is 18.9 Å². The van der Waals surface area contributed by atoms with Crippen LogP contribution in [0.2, 0.25) is 0 Å². The monoisotopic (exact) mass is 256 g/mol. The van der Waals surface area contributed by atoms with E-state index in [0.717, 1.165) is 0 Å². The van der Waals surface area contributed by atoms with E-state index in [4.69, 9.17) is 5.73 Å². The number of aliphatic hydroxyl groups excluding tert-OH is 2. The first kappa shape index (κ1) is 14.6. The summed E-state index contributed by atoms with van der Waals surface area (Å²) in [6.07, 6.45) is 3.53. The van der Waals surface area contributed by atoms with Gasteiger partial charge in [-0.25, -0.2) is 4.98 Å². The topological polar surface area (TPSA) is 113 Å². The van der Waals surface area contributed by atoms with Gasteiger partial charge in [0, 0.05) is 19.3 Å². The lowest BCUT2D eigenvalue weighted by molar-refractivity contribution is 0.0649. The molecule has 7 heteroatoms. The van der Waals surface area contributed by atoms with E-state index in [9.17, 15) is 15.0 Å². The predicted molar refractivity (Wildman–Crippen MR) is 65.9 cm³/mol. The van der Waals surface area contributed by atoms with E-state index >= 15 is 0 Å². The van der Waals surface area contributed by atoms with Crippen LogP contribution in [0.1, 0.15) is 23.8 Å². The van der Waals surface area contributed by atoms with E-state index in [1.54, 1.807) is 17.7 Å². The molecular weight excluding hydrogens is 236 g/mol. The minimum Gasteiger partial charge on any atom is -0.394 e. The van der Waals surface area contributed by atoms with Gasteiger partial charge in [0.2, 0.25) is 0 Å². The lowest BCUT2D eigenvalue weighted by atomic mass is 9.98. The van der Waals surface area contributed by atoms with Gasteiger partial charge in [-0.1, -0.05) is 6.92 Å². The molecule has 0 saturated heterocycles. The first-order valence-electron chi connectivity index (χ1n) is 5.87. The van der Waals surface area contributed by atoms with Crippen molar-refractivity contribution < 1.29 is 15.0 Å². The first-order valence-corrected chi connectivity index (χ1v) is 5.87. The lowest BCUT2D eigenvalue weighted by Crippen LogP contribution is -2.53. The minimum atomic E-state index is -1.01. The Morgan fingerprint density at radius 1 is 1.56 bits per heavy atom. The van der Waals surface area contributed by atoms with E-state index in [1.165, 1.54) is 6.33 Å². The van der Waals surface area contributed by atoms with Crippen LogP contribution in [0.3, 0.4) is 0 Å². The summed E-state index contributed by atoms with van der Waals surface area (Å²) < 4.78 is 1.71. The molecule has 0 saturated carbocycles. The van der Waals surface area contributed by atoms with Gasteiger partial charge >= 0.3 is 0 Å². The maximum atomic E-state index is 11.9. The summed E-state index contributed by atoms with van der Waals surface area (Å²) in [5.41, 5.74) is 4.63. The highest BCUT2D eigenvalue weighted by Crippen LogP contribution is 2.09. The second-order valence-corrected chi connectivity index (χ2v) is 4.19. The Kier molecular flexibility index (Phi) is 5.26. The number of imidazole rings is 1. The first-order chi connectivity index (χ1) is 8.60. The Hall–Kier alpha value is -1.44. The Morgan fingerprint density at radius 2 is 2.22 bits per heavy atom. The zero-order chi connectivity index (χ0) is 13.6. The van der Waals surface area contributed by atoms with Crippen molar-refractivity contribution in [1.29, 1.82) is 0 Å². The molecule has 0 aliphatic rings. The van der Waals surface area contributed by atoms with Gasteiger partial charge in [0.1, 0.15) is 5.69 Å². The second kappa shape index (κ2) is 6.48. The summed E-state index contributed by atoms with van der Waals surface area (Å²) in [6.45, 7) is 2.17. The number of carbonyl (C=O) groups is 1. The predicted octanol–water partition coefficient (Wildman–Crippen LogP) is -1.29. The molecule has 102 valence electrons. The van der Waals surface area contributed by atoms with Crippen molar-refractivity contribution >= 4 is 5.91 Å². The number of nitrogens with zero attached hydrogens (tertiary/aromatic N) is 2. The van der Waals surface area contributed by atoms with Gasteiger partial charge < -0.3 is 25.8 Å². The summed E-state index contributed by atoms with van der Waals surface area (Å²) in [7, 11) is 0. The molecule has 18 heavy (non-hydrogen) atoms. The molecule has 7 nitrogen and oxygen atoms in total. The number of rotatable bonds is 7. The Labute approximate surface area is 106 Å². The summed E-state index contributed by atoms with van der Waals surface area (Å²) in [5.74, 6) is -0.421. The average molecular weight is 256 g/mol. The maximum Gasteiger partial charge on any atom is 0.272 e. The molecule has 0 aliphatic heterocycles. The smallest absolute Gasteiger partial charge is 0.272 e. The molecule has 0 radical (unpaired) electrons. The quantitative estimate of drug-likeness (QED) is 0.484. The fourth-order valence-corrected chi connectivity index (χ4v) is 1.49. The Morgan fingerprint density at radius 3 is 2.72 bits per heavy atom. The molecule has 5 N–H and O–H groups in total. The number of amides is 1. The number of hydrogen-bond acceptors (Lipinski definition) is 5. The van der Waals surface area contributed by atoms with Crippen LogP contribution in [0.25, 0.3) is 0 Å². The molecule has 0 fully saturated rings. The zero-order valence-electron chi connectivity index (χ0n) is 10.5. The van der Waals surface area contributed by atoms with Crippen LogP contribution >= 0.6 is 0 Å². The summed E-state index contributed by atoms with van der Waals surface area (Å²) in [6, 6.07) is 0. The molecule has 0 bridgehead atoms. The number of aliphatic hydroxyl groups is 2. The van der Waals surface area contributed by atoms with Crippen LogP contribution in [-0.2, 0) is 6.54 Å². The third-order valence-corrected chi connectivity index (χ3v) is 2.91. The van der Waals surface area contributed by atoms with Gasteiger partial charge in [-0.15, -0.1) is 0 Å².